The highest BCUT2D eigenvalue weighted by atomic mass is 14.9. The molecule has 1 aromatic rings. The Morgan fingerprint density at radius 2 is 1.89 bits per heavy atom. The van der Waals surface area contributed by atoms with Crippen molar-refractivity contribution < 1.29 is 0 Å². The van der Waals surface area contributed by atoms with Crippen molar-refractivity contribution in [1.29, 1.82) is 0 Å². The predicted octanol–water partition coefficient (Wildman–Crippen LogP) is 3.74. The lowest BCUT2D eigenvalue weighted by Crippen LogP contribution is -2.36. The summed E-state index contributed by atoms with van der Waals surface area (Å²) in [7, 11) is 0. The summed E-state index contributed by atoms with van der Waals surface area (Å²) in [5, 5.41) is 3.53. The second-order valence-corrected chi connectivity index (χ2v) is 6.30. The average molecular weight is 243 g/mol. The van der Waals surface area contributed by atoms with E-state index in [0.717, 1.165) is 17.8 Å². The molecule has 98 valence electrons. The van der Waals surface area contributed by atoms with Crippen LogP contribution in [-0.4, -0.2) is 13.1 Å². The lowest BCUT2D eigenvalue weighted by atomic mass is 9.79. The predicted molar refractivity (Wildman–Crippen MR) is 76.9 cm³/mol. The van der Waals surface area contributed by atoms with Crippen LogP contribution in [0.3, 0.4) is 0 Å². The highest BCUT2D eigenvalue weighted by Gasteiger charge is 2.22. The first-order chi connectivity index (χ1) is 8.83. The third-order valence-corrected chi connectivity index (χ3v) is 5.04. The van der Waals surface area contributed by atoms with Gasteiger partial charge in [0.05, 0.1) is 0 Å². The Bertz CT molecular complexity index is 377. The van der Waals surface area contributed by atoms with Crippen LogP contribution in [0.5, 0.6) is 0 Å². The molecule has 1 saturated heterocycles. The van der Waals surface area contributed by atoms with Gasteiger partial charge in [-0.3, -0.25) is 0 Å². The van der Waals surface area contributed by atoms with Crippen molar-refractivity contribution in [1.82, 2.24) is 5.32 Å². The van der Waals surface area contributed by atoms with Crippen LogP contribution in [0.4, 0.5) is 0 Å². The van der Waals surface area contributed by atoms with E-state index in [1.807, 2.05) is 0 Å². The van der Waals surface area contributed by atoms with Crippen LogP contribution in [-0.2, 0) is 6.42 Å². The van der Waals surface area contributed by atoms with Crippen molar-refractivity contribution in [3.63, 3.8) is 0 Å². The SMILES string of the molecule is CC1CCNCC1Cc1ccc(C2CCC2)cc1. The van der Waals surface area contributed by atoms with Gasteiger partial charge in [0.2, 0.25) is 0 Å². The number of hydrogen-bond donors (Lipinski definition) is 1. The minimum Gasteiger partial charge on any atom is -0.316 e. The molecule has 1 aliphatic heterocycles. The molecular weight excluding hydrogens is 218 g/mol. The molecule has 1 heteroatoms. The Labute approximate surface area is 111 Å². The largest absolute Gasteiger partial charge is 0.316 e. The van der Waals surface area contributed by atoms with Crippen molar-refractivity contribution in [3.8, 4) is 0 Å². The Morgan fingerprint density at radius 1 is 1.11 bits per heavy atom. The highest BCUT2D eigenvalue weighted by Crippen LogP contribution is 2.36. The van der Waals surface area contributed by atoms with E-state index in [-0.39, 0.29) is 0 Å². The minimum absolute atomic E-state index is 0.827. The van der Waals surface area contributed by atoms with Gasteiger partial charge in [0, 0.05) is 0 Å². The fourth-order valence-corrected chi connectivity index (χ4v) is 3.30. The fraction of sp³-hybridized carbons (Fsp3) is 0.647. The number of piperidine rings is 1. The van der Waals surface area contributed by atoms with Gasteiger partial charge in [0.15, 0.2) is 0 Å². The lowest BCUT2D eigenvalue weighted by Gasteiger charge is -2.30. The first kappa shape index (κ1) is 12.2. The number of hydrogen-bond acceptors (Lipinski definition) is 1. The normalized spacial score (nSPS) is 28.9. The summed E-state index contributed by atoms with van der Waals surface area (Å²) >= 11 is 0. The summed E-state index contributed by atoms with van der Waals surface area (Å²) in [4.78, 5) is 0. The minimum atomic E-state index is 0.827. The average Bonchev–Trinajstić information content (AvgIpc) is 2.32. The molecule has 0 radical (unpaired) electrons. The van der Waals surface area contributed by atoms with Crippen molar-refractivity contribution in [2.75, 3.05) is 13.1 Å². The van der Waals surface area contributed by atoms with E-state index in [1.165, 1.54) is 50.8 Å². The van der Waals surface area contributed by atoms with Gasteiger partial charge in [-0.2, -0.15) is 0 Å². The van der Waals surface area contributed by atoms with Crippen LogP contribution in [0, 0.1) is 11.8 Å². The molecule has 1 heterocycles. The summed E-state index contributed by atoms with van der Waals surface area (Å²) in [5.74, 6) is 2.57. The smallest absolute Gasteiger partial charge is 0.00148 e. The van der Waals surface area contributed by atoms with Crippen LogP contribution in [0.2, 0.25) is 0 Å². The Hall–Kier alpha value is -0.820. The first-order valence-electron chi connectivity index (χ1n) is 7.62. The van der Waals surface area contributed by atoms with E-state index < -0.39 is 0 Å². The van der Waals surface area contributed by atoms with Crippen LogP contribution >= 0.6 is 0 Å². The molecule has 1 nitrogen and oxygen atoms in total. The molecule has 0 bridgehead atoms. The quantitative estimate of drug-likeness (QED) is 0.852. The maximum Gasteiger partial charge on any atom is -0.00148 e. The van der Waals surface area contributed by atoms with E-state index in [2.05, 4.69) is 36.5 Å². The number of rotatable bonds is 3. The van der Waals surface area contributed by atoms with Crippen LogP contribution < -0.4 is 5.32 Å². The van der Waals surface area contributed by atoms with Crippen molar-refractivity contribution in [3.05, 3.63) is 35.4 Å². The van der Waals surface area contributed by atoms with E-state index in [1.54, 1.807) is 5.56 Å². The molecule has 1 aromatic carbocycles. The molecule has 0 amide bonds. The Balaban J connectivity index is 1.61. The van der Waals surface area contributed by atoms with E-state index in [0.29, 0.717) is 0 Å². The molecule has 0 aromatic heterocycles. The van der Waals surface area contributed by atoms with Gasteiger partial charge in [-0.25, -0.2) is 0 Å². The van der Waals surface area contributed by atoms with Gasteiger partial charge >= 0.3 is 0 Å². The maximum atomic E-state index is 3.53. The van der Waals surface area contributed by atoms with E-state index in [9.17, 15) is 0 Å². The molecular formula is C17H25N. The zero-order valence-corrected chi connectivity index (χ0v) is 11.5. The zero-order valence-electron chi connectivity index (χ0n) is 11.5. The number of benzene rings is 1. The molecule has 2 unspecified atom stereocenters. The summed E-state index contributed by atoms with van der Waals surface area (Å²) in [6.45, 7) is 4.82. The van der Waals surface area contributed by atoms with Crippen molar-refractivity contribution in [2.24, 2.45) is 11.8 Å². The number of nitrogens with one attached hydrogen (secondary N) is 1. The first-order valence-corrected chi connectivity index (χ1v) is 7.62. The molecule has 1 N–H and O–H groups in total. The summed E-state index contributed by atoms with van der Waals surface area (Å²) in [5.41, 5.74) is 3.10. The molecule has 1 saturated carbocycles. The second-order valence-electron chi connectivity index (χ2n) is 6.30. The van der Waals surface area contributed by atoms with Crippen molar-refractivity contribution in [2.45, 2.75) is 44.9 Å². The molecule has 2 aliphatic rings. The third kappa shape index (κ3) is 2.61. The van der Waals surface area contributed by atoms with E-state index in [4.69, 9.17) is 0 Å². The van der Waals surface area contributed by atoms with Gasteiger partial charge in [0.25, 0.3) is 0 Å². The molecule has 3 rings (SSSR count). The molecule has 1 aliphatic carbocycles. The van der Waals surface area contributed by atoms with Gasteiger partial charge in [-0.05, 0) is 67.7 Å². The van der Waals surface area contributed by atoms with Crippen molar-refractivity contribution >= 4 is 0 Å². The zero-order chi connectivity index (χ0) is 12.4. The summed E-state index contributed by atoms with van der Waals surface area (Å²) in [6.07, 6.45) is 6.83. The van der Waals surface area contributed by atoms with Crippen LogP contribution in [0.25, 0.3) is 0 Å². The Morgan fingerprint density at radius 3 is 2.50 bits per heavy atom. The molecule has 0 spiro atoms. The van der Waals surface area contributed by atoms with Gasteiger partial charge < -0.3 is 5.32 Å². The summed E-state index contributed by atoms with van der Waals surface area (Å²) in [6, 6.07) is 9.49. The van der Waals surface area contributed by atoms with Gasteiger partial charge in [-0.15, -0.1) is 0 Å². The molecule has 18 heavy (non-hydrogen) atoms. The lowest BCUT2D eigenvalue weighted by molar-refractivity contribution is 0.272. The maximum absolute atomic E-state index is 3.53. The highest BCUT2D eigenvalue weighted by molar-refractivity contribution is 5.27. The van der Waals surface area contributed by atoms with Crippen LogP contribution in [0.1, 0.15) is 49.7 Å². The molecule has 2 fully saturated rings. The van der Waals surface area contributed by atoms with Crippen LogP contribution in [0.15, 0.2) is 24.3 Å². The third-order valence-electron chi connectivity index (χ3n) is 5.04. The molecule has 2 atom stereocenters. The van der Waals surface area contributed by atoms with Gasteiger partial charge in [0.1, 0.15) is 0 Å². The standard InChI is InChI=1S/C17H25N/c1-13-9-10-18-12-17(13)11-14-5-7-16(8-6-14)15-3-2-4-15/h5-8,13,15,17-18H,2-4,9-12H2,1H3. The van der Waals surface area contributed by atoms with Gasteiger partial charge in [-0.1, -0.05) is 37.6 Å². The summed E-state index contributed by atoms with van der Waals surface area (Å²) < 4.78 is 0. The Kier molecular flexibility index (Phi) is 3.69. The fourth-order valence-electron chi connectivity index (χ4n) is 3.30. The second kappa shape index (κ2) is 5.44. The topological polar surface area (TPSA) is 12.0 Å². The van der Waals surface area contributed by atoms with E-state index >= 15 is 0 Å². The monoisotopic (exact) mass is 243 g/mol.